The molecule has 0 heterocycles. The summed E-state index contributed by atoms with van der Waals surface area (Å²) in [7, 11) is 0. The van der Waals surface area contributed by atoms with Crippen LogP contribution in [0.25, 0.3) is 0 Å². The molecule has 0 saturated heterocycles. The van der Waals surface area contributed by atoms with E-state index in [2.05, 4.69) is 5.32 Å². The second kappa shape index (κ2) is 5.92. The van der Waals surface area contributed by atoms with Gasteiger partial charge in [0.2, 0.25) is 0 Å². The van der Waals surface area contributed by atoms with Crippen LogP contribution in [0.2, 0.25) is 0 Å². The van der Waals surface area contributed by atoms with Crippen molar-refractivity contribution < 1.29 is 9.90 Å². The molecule has 0 fully saturated rings. The maximum atomic E-state index is 11.9. The number of hydrogen-bond acceptors (Lipinski definition) is 3. The average Bonchev–Trinajstić information content (AvgIpc) is 2.29. The Morgan fingerprint density at radius 2 is 2.25 bits per heavy atom. The predicted octanol–water partition coefficient (Wildman–Crippen LogP) is 1.83. The maximum Gasteiger partial charge on any atom is 0.251 e. The number of nitrogens with one attached hydrogen (secondary N) is 1. The van der Waals surface area contributed by atoms with E-state index in [-0.39, 0.29) is 18.6 Å². The molecule has 4 heteroatoms. The number of thioether (sulfide) groups is 1. The third kappa shape index (κ3) is 3.25. The molecule has 1 rings (SSSR count). The monoisotopic (exact) mass is 239 g/mol. The first kappa shape index (κ1) is 13.1. The van der Waals surface area contributed by atoms with Gasteiger partial charge in [0.1, 0.15) is 0 Å². The molecule has 0 aliphatic heterocycles. The second-order valence-corrected chi connectivity index (χ2v) is 4.62. The third-order valence-corrected chi connectivity index (χ3v) is 3.07. The van der Waals surface area contributed by atoms with E-state index in [0.29, 0.717) is 5.56 Å². The van der Waals surface area contributed by atoms with Crippen LogP contribution in [0.4, 0.5) is 0 Å². The molecule has 0 aliphatic rings. The van der Waals surface area contributed by atoms with Crippen molar-refractivity contribution in [3.63, 3.8) is 0 Å². The first-order valence-corrected chi connectivity index (χ1v) is 6.37. The van der Waals surface area contributed by atoms with Crippen molar-refractivity contribution in [1.82, 2.24) is 5.32 Å². The number of rotatable bonds is 4. The third-order valence-electron chi connectivity index (χ3n) is 2.34. The minimum atomic E-state index is -0.218. The van der Waals surface area contributed by atoms with E-state index < -0.39 is 0 Å². The predicted molar refractivity (Wildman–Crippen MR) is 67.0 cm³/mol. The van der Waals surface area contributed by atoms with Crippen LogP contribution >= 0.6 is 11.8 Å². The van der Waals surface area contributed by atoms with Crippen LogP contribution in [0.15, 0.2) is 23.1 Å². The van der Waals surface area contributed by atoms with Crippen LogP contribution in [0.5, 0.6) is 0 Å². The molecule has 0 aliphatic carbocycles. The van der Waals surface area contributed by atoms with Crippen molar-refractivity contribution in [3.8, 4) is 0 Å². The number of aryl methyl sites for hydroxylation is 1. The quantitative estimate of drug-likeness (QED) is 0.788. The lowest BCUT2D eigenvalue weighted by atomic mass is 10.1. The molecule has 2 N–H and O–H groups in total. The Balaban J connectivity index is 2.89. The summed E-state index contributed by atoms with van der Waals surface area (Å²) < 4.78 is 0. The Morgan fingerprint density at radius 3 is 2.81 bits per heavy atom. The van der Waals surface area contributed by atoms with Gasteiger partial charge in [0.15, 0.2) is 0 Å². The Hall–Kier alpha value is -1.00. The molecular weight excluding hydrogens is 222 g/mol. The highest BCUT2D eigenvalue weighted by atomic mass is 32.2. The number of carbonyl (C=O) groups excluding carboxylic acids is 1. The van der Waals surface area contributed by atoms with Gasteiger partial charge in [-0.15, -0.1) is 11.8 Å². The summed E-state index contributed by atoms with van der Waals surface area (Å²) in [4.78, 5) is 12.9. The van der Waals surface area contributed by atoms with Gasteiger partial charge in [0.05, 0.1) is 6.61 Å². The van der Waals surface area contributed by atoms with Crippen LogP contribution in [0.1, 0.15) is 22.8 Å². The summed E-state index contributed by atoms with van der Waals surface area (Å²) >= 11 is 1.60. The zero-order valence-corrected chi connectivity index (χ0v) is 10.6. The van der Waals surface area contributed by atoms with Crippen molar-refractivity contribution in [2.75, 3.05) is 12.9 Å². The fourth-order valence-electron chi connectivity index (χ4n) is 1.32. The highest BCUT2D eigenvalue weighted by Gasteiger charge is 2.11. The average molecular weight is 239 g/mol. The van der Waals surface area contributed by atoms with E-state index in [9.17, 15) is 4.79 Å². The fraction of sp³-hybridized carbons (Fsp3) is 0.417. The summed E-state index contributed by atoms with van der Waals surface area (Å²) in [6, 6.07) is 5.58. The molecular formula is C12H17NO2S. The van der Waals surface area contributed by atoms with E-state index in [1.807, 2.05) is 31.4 Å². The summed E-state index contributed by atoms with van der Waals surface area (Å²) in [6.45, 7) is 3.63. The smallest absolute Gasteiger partial charge is 0.251 e. The Bertz CT molecular complexity index is 379. The lowest BCUT2D eigenvalue weighted by Gasteiger charge is -2.12. The SMILES string of the molecule is CSc1ccc(C)c(C(=O)N[C@H](C)CO)c1. The Labute approximate surface area is 100 Å². The van der Waals surface area contributed by atoms with Gasteiger partial charge in [-0.3, -0.25) is 4.79 Å². The number of aliphatic hydroxyl groups excluding tert-OH is 1. The minimum Gasteiger partial charge on any atom is -0.394 e. The van der Waals surface area contributed by atoms with Crippen LogP contribution < -0.4 is 5.32 Å². The number of hydrogen-bond donors (Lipinski definition) is 2. The standard InChI is InChI=1S/C12H17NO2S/c1-8-4-5-10(16-3)6-11(8)12(15)13-9(2)7-14/h4-6,9,14H,7H2,1-3H3,(H,13,15)/t9-/m1/s1. The summed E-state index contributed by atoms with van der Waals surface area (Å²) in [5, 5.41) is 11.6. The van der Waals surface area contributed by atoms with Gasteiger partial charge in [0, 0.05) is 16.5 Å². The van der Waals surface area contributed by atoms with E-state index in [1.165, 1.54) is 0 Å². The molecule has 16 heavy (non-hydrogen) atoms. The molecule has 1 amide bonds. The summed E-state index contributed by atoms with van der Waals surface area (Å²) in [5.41, 5.74) is 1.62. The van der Waals surface area contributed by atoms with Gasteiger partial charge in [-0.1, -0.05) is 6.07 Å². The summed E-state index contributed by atoms with van der Waals surface area (Å²) in [5.74, 6) is -0.130. The highest BCUT2D eigenvalue weighted by molar-refractivity contribution is 7.98. The number of amides is 1. The van der Waals surface area contributed by atoms with Crippen molar-refractivity contribution >= 4 is 17.7 Å². The van der Waals surface area contributed by atoms with E-state index in [4.69, 9.17) is 5.11 Å². The van der Waals surface area contributed by atoms with E-state index in [0.717, 1.165) is 10.5 Å². The minimum absolute atomic E-state index is 0.0486. The van der Waals surface area contributed by atoms with Gasteiger partial charge in [0.25, 0.3) is 5.91 Å². The van der Waals surface area contributed by atoms with Crippen LogP contribution in [-0.2, 0) is 0 Å². The molecule has 0 unspecified atom stereocenters. The second-order valence-electron chi connectivity index (χ2n) is 3.74. The van der Waals surface area contributed by atoms with Crippen LogP contribution in [0.3, 0.4) is 0 Å². The molecule has 1 atom stereocenters. The molecule has 0 spiro atoms. The van der Waals surface area contributed by atoms with Gasteiger partial charge in [-0.05, 0) is 37.8 Å². The number of aliphatic hydroxyl groups is 1. The zero-order valence-electron chi connectivity index (χ0n) is 9.78. The number of benzene rings is 1. The summed E-state index contributed by atoms with van der Waals surface area (Å²) in [6.07, 6.45) is 1.97. The topological polar surface area (TPSA) is 49.3 Å². The van der Waals surface area contributed by atoms with Gasteiger partial charge in [-0.2, -0.15) is 0 Å². The zero-order chi connectivity index (χ0) is 12.1. The van der Waals surface area contributed by atoms with Crippen LogP contribution in [-0.4, -0.2) is 29.9 Å². The molecule has 1 aromatic rings. The number of carbonyl (C=O) groups is 1. The lowest BCUT2D eigenvalue weighted by Crippen LogP contribution is -2.35. The first-order valence-electron chi connectivity index (χ1n) is 5.15. The van der Waals surface area contributed by atoms with Gasteiger partial charge >= 0.3 is 0 Å². The van der Waals surface area contributed by atoms with Crippen LogP contribution in [0, 0.1) is 6.92 Å². The fourth-order valence-corrected chi connectivity index (χ4v) is 1.76. The molecule has 3 nitrogen and oxygen atoms in total. The molecule has 0 bridgehead atoms. The highest BCUT2D eigenvalue weighted by Crippen LogP contribution is 2.19. The molecule has 0 aromatic heterocycles. The van der Waals surface area contributed by atoms with Crippen molar-refractivity contribution in [1.29, 1.82) is 0 Å². The van der Waals surface area contributed by atoms with Gasteiger partial charge in [-0.25, -0.2) is 0 Å². The lowest BCUT2D eigenvalue weighted by molar-refractivity contribution is 0.0921. The van der Waals surface area contributed by atoms with Gasteiger partial charge < -0.3 is 10.4 Å². The van der Waals surface area contributed by atoms with E-state index in [1.54, 1.807) is 18.7 Å². The van der Waals surface area contributed by atoms with Crippen molar-refractivity contribution in [2.45, 2.75) is 24.8 Å². The van der Waals surface area contributed by atoms with Crippen molar-refractivity contribution in [2.24, 2.45) is 0 Å². The Kier molecular flexibility index (Phi) is 4.83. The van der Waals surface area contributed by atoms with Crippen molar-refractivity contribution in [3.05, 3.63) is 29.3 Å². The normalized spacial score (nSPS) is 12.2. The molecule has 0 radical (unpaired) electrons. The molecule has 0 saturated carbocycles. The first-order chi connectivity index (χ1) is 7.58. The largest absolute Gasteiger partial charge is 0.394 e. The Morgan fingerprint density at radius 1 is 1.56 bits per heavy atom. The maximum absolute atomic E-state index is 11.9. The van der Waals surface area contributed by atoms with E-state index >= 15 is 0 Å². The molecule has 1 aromatic carbocycles. The molecule has 88 valence electrons.